The number of nitrogens with two attached hydrogens (primary N) is 1. The van der Waals surface area contributed by atoms with E-state index in [1.807, 2.05) is 20.2 Å². The quantitative estimate of drug-likeness (QED) is 0.451. The Morgan fingerprint density at radius 2 is 1.69 bits per heavy atom. The maximum atomic E-state index is 11.9. The summed E-state index contributed by atoms with van der Waals surface area (Å²) in [7, 11) is 0. The lowest BCUT2D eigenvalue weighted by Crippen LogP contribution is -2.43. The maximum Gasteiger partial charge on any atom is 0.426 e. The molecule has 2 aliphatic carbocycles. The van der Waals surface area contributed by atoms with Crippen molar-refractivity contribution in [1.82, 2.24) is 29.9 Å². The Morgan fingerprint density at radius 3 is 2.39 bits per heavy atom. The number of carbonyl (C=O) groups excluding carboxylic acids is 1. The molecule has 2 aromatic rings. The molecule has 0 atom stereocenters. The third-order valence-electron chi connectivity index (χ3n) is 7.66. The van der Waals surface area contributed by atoms with Crippen LogP contribution in [0.3, 0.4) is 0 Å². The minimum Gasteiger partial charge on any atom is -0.365 e. The number of hydrogen-bond acceptors (Lipinski definition) is 9. The number of amides is 1. The van der Waals surface area contributed by atoms with E-state index in [4.69, 9.17) is 25.5 Å². The van der Waals surface area contributed by atoms with Crippen molar-refractivity contribution < 1.29 is 9.63 Å². The molecule has 11 nitrogen and oxygen atoms in total. The van der Waals surface area contributed by atoms with Crippen molar-refractivity contribution >= 4 is 29.0 Å². The van der Waals surface area contributed by atoms with Crippen LogP contribution < -0.4 is 21.7 Å². The van der Waals surface area contributed by atoms with E-state index >= 15 is 0 Å². The summed E-state index contributed by atoms with van der Waals surface area (Å²) in [5.74, 6) is 1.44. The van der Waals surface area contributed by atoms with Crippen molar-refractivity contribution in [2.75, 3.05) is 23.7 Å². The fourth-order valence-electron chi connectivity index (χ4n) is 5.64. The predicted octanol–water partition coefficient (Wildman–Crippen LogP) is 3.55. The van der Waals surface area contributed by atoms with Crippen LogP contribution in [0.2, 0.25) is 0 Å². The van der Waals surface area contributed by atoms with Crippen LogP contribution in [-0.2, 0) is 4.84 Å². The normalized spacial score (nSPS) is 24.3. The first kappa shape index (κ1) is 25.0. The Hall–Kier alpha value is -2.66. The Morgan fingerprint density at radius 1 is 1.00 bits per heavy atom. The summed E-state index contributed by atoms with van der Waals surface area (Å²) in [6.07, 6.45) is 12.2. The molecule has 0 unspecified atom stereocenters. The van der Waals surface area contributed by atoms with Crippen molar-refractivity contribution in [3.8, 4) is 0 Å². The first-order valence-corrected chi connectivity index (χ1v) is 13.7. The molecule has 0 spiro atoms. The summed E-state index contributed by atoms with van der Waals surface area (Å²) < 4.78 is 2.25. The van der Waals surface area contributed by atoms with Crippen LogP contribution in [0.15, 0.2) is 6.33 Å². The number of rotatable bonds is 7. The lowest BCUT2D eigenvalue weighted by Gasteiger charge is -2.31. The second-order valence-electron chi connectivity index (χ2n) is 10.9. The van der Waals surface area contributed by atoms with Crippen molar-refractivity contribution in [3.63, 3.8) is 0 Å². The van der Waals surface area contributed by atoms with Gasteiger partial charge in [-0.1, -0.05) is 12.8 Å². The number of hydroxylamine groups is 2. The lowest BCUT2D eigenvalue weighted by molar-refractivity contribution is -0.112. The minimum atomic E-state index is -0.397. The van der Waals surface area contributed by atoms with E-state index in [0.717, 1.165) is 55.5 Å². The molecule has 1 amide bonds. The van der Waals surface area contributed by atoms with E-state index in [-0.39, 0.29) is 12.1 Å². The van der Waals surface area contributed by atoms with Gasteiger partial charge in [-0.2, -0.15) is 9.97 Å². The van der Waals surface area contributed by atoms with Gasteiger partial charge in [0.1, 0.15) is 0 Å². The number of fused-ring (bicyclic) bond motifs is 1. The van der Waals surface area contributed by atoms with Gasteiger partial charge in [0.15, 0.2) is 17.0 Å². The molecule has 5 N–H and O–H groups in total. The number of nitrogens with zero attached hydrogens (tertiary/aromatic N) is 5. The molecule has 36 heavy (non-hydrogen) atoms. The molecular weight excluding hydrogens is 458 g/mol. The van der Waals surface area contributed by atoms with Crippen LogP contribution in [0.25, 0.3) is 11.2 Å². The van der Waals surface area contributed by atoms with E-state index in [2.05, 4.69) is 20.5 Å². The molecule has 2 saturated carbocycles. The molecule has 2 aromatic heterocycles. The highest BCUT2D eigenvalue weighted by molar-refractivity contribution is 5.84. The maximum absolute atomic E-state index is 11.9. The van der Waals surface area contributed by atoms with Gasteiger partial charge >= 0.3 is 6.09 Å². The number of nitrogens with one attached hydrogen (secondary N) is 3. The molecule has 0 radical (unpaired) electrons. The molecule has 3 heterocycles. The topological polar surface area (TPSA) is 135 Å². The Balaban J connectivity index is 1.30. The molecular formula is C25H41N9O2. The minimum absolute atomic E-state index is 0.0501. The van der Waals surface area contributed by atoms with Gasteiger partial charge in [-0.3, -0.25) is 0 Å². The van der Waals surface area contributed by atoms with Gasteiger partial charge in [0.25, 0.3) is 0 Å². The summed E-state index contributed by atoms with van der Waals surface area (Å²) in [5.41, 5.74) is 7.84. The smallest absolute Gasteiger partial charge is 0.365 e. The average Bonchev–Trinajstić information content (AvgIpc) is 3.51. The number of carbonyl (C=O) groups is 1. The second-order valence-corrected chi connectivity index (χ2v) is 10.9. The van der Waals surface area contributed by atoms with E-state index in [9.17, 15) is 4.79 Å². The summed E-state index contributed by atoms with van der Waals surface area (Å²) in [6.45, 7) is 5.17. The first-order valence-electron chi connectivity index (χ1n) is 13.7. The average molecular weight is 500 g/mol. The monoisotopic (exact) mass is 499 g/mol. The van der Waals surface area contributed by atoms with Crippen molar-refractivity contribution in [1.29, 1.82) is 0 Å². The first-order chi connectivity index (χ1) is 17.4. The second kappa shape index (κ2) is 11.2. The van der Waals surface area contributed by atoms with E-state index < -0.39 is 6.09 Å². The van der Waals surface area contributed by atoms with E-state index in [0.29, 0.717) is 37.2 Å². The molecule has 11 heteroatoms. The van der Waals surface area contributed by atoms with E-state index in [1.54, 1.807) is 5.06 Å². The molecule has 5 rings (SSSR count). The molecule has 3 aliphatic rings. The van der Waals surface area contributed by atoms with Crippen LogP contribution >= 0.6 is 0 Å². The van der Waals surface area contributed by atoms with E-state index in [1.165, 1.54) is 25.7 Å². The largest absolute Gasteiger partial charge is 0.426 e. The van der Waals surface area contributed by atoms with Gasteiger partial charge in [0, 0.05) is 43.3 Å². The van der Waals surface area contributed by atoms with Crippen molar-refractivity contribution in [2.24, 2.45) is 5.73 Å². The van der Waals surface area contributed by atoms with Crippen LogP contribution in [-0.4, -0.2) is 67.9 Å². The third-order valence-corrected chi connectivity index (χ3v) is 7.66. The van der Waals surface area contributed by atoms with Gasteiger partial charge in [-0.25, -0.2) is 9.78 Å². The molecule has 1 saturated heterocycles. The molecule has 1 aliphatic heterocycles. The molecule has 0 bridgehead atoms. The summed E-state index contributed by atoms with van der Waals surface area (Å²) in [5, 5.41) is 11.7. The predicted molar refractivity (Wildman–Crippen MR) is 140 cm³/mol. The number of hydrogen-bond donors (Lipinski definition) is 4. The van der Waals surface area contributed by atoms with Crippen LogP contribution in [0.5, 0.6) is 0 Å². The summed E-state index contributed by atoms with van der Waals surface area (Å²) in [4.78, 5) is 32.0. The summed E-state index contributed by atoms with van der Waals surface area (Å²) in [6, 6.07) is 1.37. The van der Waals surface area contributed by atoms with Crippen molar-refractivity contribution in [3.05, 3.63) is 6.33 Å². The lowest BCUT2D eigenvalue weighted by atomic mass is 9.92. The molecule has 3 fully saturated rings. The highest BCUT2D eigenvalue weighted by Crippen LogP contribution is 2.33. The zero-order chi connectivity index (χ0) is 25.1. The van der Waals surface area contributed by atoms with Gasteiger partial charge in [-0.05, 0) is 65.2 Å². The third kappa shape index (κ3) is 6.00. The highest BCUT2D eigenvalue weighted by Gasteiger charge is 2.27. The Labute approximate surface area is 212 Å². The van der Waals surface area contributed by atoms with Crippen LogP contribution in [0.4, 0.5) is 16.6 Å². The van der Waals surface area contributed by atoms with Gasteiger partial charge in [0.05, 0.1) is 6.33 Å². The standard InChI is InChI=1S/C25H41N9O2/c1-16(2)28-25(35)36-33-13-11-19(12-14-33)29-22-21-23(34(15-27-21)20-5-3-4-6-20)32-24(31-22)30-18-9-7-17(26)8-10-18/h15-20H,3-14,26H2,1-2H3,(H,28,35)(H2,29,30,31,32)/t17-,18-. The molecule has 0 aromatic carbocycles. The highest BCUT2D eigenvalue weighted by atomic mass is 16.7. The summed E-state index contributed by atoms with van der Waals surface area (Å²) >= 11 is 0. The van der Waals surface area contributed by atoms with Gasteiger partial charge < -0.3 is 31.1 Å². The number of imidazole rings is 1. The number of piperidine rings is 1. The fraction of sp³-hybridized carbons (Fsp3) is 0.760. The number of anilines is 2. The van der Waals surface area contributed by atoms with Crippen LogP contribution in [0.1, 0.15) is 84.1 Å². The SMILES string of the molecule is CC(C)NC(=O)ON1CCC(Nc2nc(N[C@H]3CC[C@H](N)CC3)nc3c2ncn3C2CCCC2)CC1. The van der Waals surface area contributed by atoms with Crippen LogP contribution in [0, 0.1) is 0 Å². The van der Waals surface area contributed by atoms with Crippen molar-refractivity contribution in [2.45, 2.75) is 108 Å². The zero-order valence-electron chi connectivity index (χ0n) is 21.6. The number of aromatic nitrogens is 4. The Kier molecular flexibility index (Phi) is 7.76. The molecule has 198 valence electrons. The Bertz CT molecular complexity index is 1020. The van der Waals surface area contributed by atoms with Gasteiger partial charge in [0.2, 0.25) is 5.95 Å². The fourth-order valence-corrected chi connectivity index (χ4v) is 5.64. The zero-order valence-corrected chi connectivity index (χ0v) is 21.6. The van der Waals surface area contributed by atoms with Gasteiger partial charge in [-0.15, -0.1) is 5.06 Å².